The Labute approximate surface area is 225 Å². The van der Waals surface area contributed by atoms with Crippen molar-refractivity contribution in [2.75, 3.05) is 38.0 Å². The molecule has 2 aromatic rings. The van der Waals surface area contributed by atoms with Crippen LogP contribution in [0.15, 0.2) is 48.5 Å². The molecule has 1 atom stereocenters. The molecule has 8 heteroatoms. The Morgan fingerprint density at radius 2 is 1.68 bits per heavy atom. The van der Waals surface area contributed by atoms with Crippen LogP contribution in [-0.4, -0.2) is 77.1 Å². The number of amides is 2. The van der Waals surface area contributed by atoms with Crippen molar-refractivity contribution < 1.29 is 18.7 Å². The summed E-state index contributed by atoms with van der Waals surface area (Å²) in [6, 6.07) is 15.1. The normalized spacial score (nSPS) is 19.3. The second-order valence-corrected chi connectivity index (χ2v) is 11.6. The Morgan fingerprint density at radius 1 is 1.00 bits per heavy atom. The summed E-state index contributed by atoms with van der Waals surface area (Å²) < 4.78 is 19.0. The van der Waals surface area contributed by atoms with Crippen molar-refractivity contribution in [3.63, 3.8) is 0 Å². The molecule has 2 aliphatic heterocycles. The van der Waals surface area contributed by atoms with Gasteiger partial charge in [-0.05, 0) is 69.9 Å². The lowest BCUT2D eigenvalue weighted by atomic mass is 10.0. The first-order valence-electron chi connectivity index (χ1n) is 13.7. The van der Waals surface area contributed by atoms with E-state index in [1.54, 1.807) is 6.07 Å². The molecule has 4 rings (SSSR count). The number of hydrogen-bond acceptors (Lipinski definition) is 5. The fraction of sp³-hybridized carbons (Fsp3) is 0.533. The number of rotatable bonds is 6. The number of nitrogens with one attached hydrogen (secondary N) is 1. The first kappa shape index (κ1) is 27.9. The van der Waals surface area contributed by atoms with E-state index in [1.165, 1.54) is 17.7 Å². The maximum Gasteiger partial charge on any atom is 0.410 e. The van der Waals surface area contributed by atoms with Crippen molar-refractivity contribution in [2.45, 2.75) is 71.2 Å². The van der Waals surface area contributed by atoms with E-state index in [-0.39, 0.29) is 29.9 Å². The quantitative estimate of drug-likeness (QED) is 0.582. The van der Waals surface area contributed by atoms with Crippen LogP contribution < -0.4 is 5.32 Å². The highest BCUT2D eigenvalue weighted by Crippen LogP contribution is 2.20. The number of anilines is 1. The number of hydrogen-bond donors (Lipinski definition) is 1. The molecule has 38 heavy (non-hydrogen) atoms. The van der Waals surface area contributed by atoms with Crippen molar-refractivity contribution in [3.05, 3.63) is 65.5 Å². The average Bonchev–Trinajstić information content (AvgIpc) is 2.84. The van der Waals surface area contributed by atoms with Crippen molar-refractivity contribution in [1.82, 2.24) is 14.7 Å². The first-order chi connectivity index (χ1) is 18.1. The van der Waals surface area contributed by atoms with Crippen LogP contribution in [0.4, 0.5) is 14.9 Å². The highest BCUT2D eigenvalue weighted by atomic mass is 19.1. The predicted octanol–water partition coefficient (Wildman–Crippen LogP) is 4.91. The van der Waals surface area contributed by atoms with E-state index < -0.39 is 5.60 Å². The van der Waals surface area contributed by atoms with Gasteiger partial charge in [0.05, 0.1) is 6.42 Å². The third-order valence-electron chi connectivity index (χ3n) is 7.17. The van der Waals surface area contributed by atoms with Gasteiger partial charge >= 0.3 is 6.09 Å². The molecule has 2 saturated heterocycles. The molecular formula is C30H41FN4O3. The van der Waals surface area contributed by atoms with Crippen molar-refractivity contribution in [3.8, 4) is 0 Å². The second-order valence-electron chi connectivity index (χ2n) is 11.6. The largest absolute Gasteiger partial charge is 0.444 e. The van der Waals surface area contributed by atoms with E-state index in [9.17, 15) is 14.0 Å². The summed E-state index contributed by atoms with van der Waals surface area (Å²) in [5, 5.41) is 3.38. The molecule has 2 amide bonds. The molecule has 0 saturated carbocycles. The van der Waals surface area contributed by atoms with E-state index in [0.717, 1.165) is 43.7 Å². The van der Waals surface area contributed by atoms with Gasteiger partial charge in [-0.15, -0.1) is 0 Å². The van der Waals surface area contributed by atoms with Gasteiger partial charge in [-0.1, -0.05) is 30.3 Å². The summed E-state index contributed by atoms with van der Waals surface area (Å²) in [6.07, 6.45) is 1.85. The minimum Gasteiger partial charge on any atom is -0.444 e. The van der Waals surface area contributed by atoms with Crippen molar-refractivity contribution in [1.29, 1.82) is 0 Å². The molecule has 2 fully saturated rings. The Balaban J connectivity index is 1.20. The monoisotopic (exact) mass is 524 g/mol. The van der Waals surface area contributed by atoms with Crippen LogP contribution in [0.5, 0.6) is 0 Å². The lowest BCUT2D eigenvalue weighted by Gasteiger charge is -2.40. The molecule has 0 aliphatic carbocycles. The van der Waals surface area contributed by atoms with Gasteiger partial charge in [0.25, 0.3) is 0 Å². The molecule has 2 heterocycles. The van der Waals surface area contributed by atoms with Crippen LogP contribution in [0.3, 0.4) is 0 Å². The van der Waals surface area contributed by atoms with Gasteiger partial charge < -0.3 is 19.9 Å². The number of piperazine rings is 1. The highest BCUT2D eigenvalue weighted by molar-refractivity contribution is 5.79. The fourth-order valence-corrected chi connectivity index (χ4v) is 5.16. The third-order valence-corrected chi connectivity index (χ3v) is 7.17. The van der Waals surface area contributed by atoms with E-state index >= 15 is 0 Å². The molecule has 2 aliphatic rings. The lowest BCUT2D eigenvalue weighted by Crippen LogP contribution is -2.54. The molecular weight excluding hydrogens is 483 g/mol. The topological polar surface area (TPSA) is 65.1 Å². The molecule has 206 valence electrons. The molecule has 0 spiro atoms. The zero-order valence-electron chi connectivity index (χ0n) is 23.1. The SMILES string of the molecule is C[C@H]1CN(Cc2ccc(CC(=O)N3CCC(Nc4cccc(F)c4)CC3)cc2)CCN1C(=O)OC(C)(C)C. The predicted molar refractivity (Wildman–Crippen MR) is 147 cm³/mol. The van der Waals surface area contributed by atoms with Crippen molar-refractivity contribution >= 4 is 17.7 Å². The van der Waals surface area contributed by atoms with E-state index in [0.29, 0.717) is 26.1 Å². The number of ether oxygens (including phenoxy) is 1. The van der Waals surface area contributed by atoms with Crippen molar-refractivity contribution in [2.24, 2.45) is 0 Å². The number of likely N-dealkylation sites (tertiary alicyclic amines) is 1. The zero-order valence-corrected chi connectivity index (χ0v) is 23.1. The zero-order chi connectivity index (χ0) is 27.3. The van der Waals surface area contributed by atoms with Gasteiger partial charge in [0.1, 0.15) is 11.4 Å². The number of carbonyl (C=O) groups is 2. The first-order valence-corrected chi connectivity index (χ1v) is 13.7. The summed E-state index contributed by atoms with van der Waals surface area (Å²) in [6.45, 7) is 12.2. The molecule has 0 aromatic heterocycles. The summed E-state index contributed by atoms with van der Waals surface area (Å²) in [7, 11) is 0. The number of piperidine rings is 1. The van der Waals surface area contributed by atoms with Gasteiger partial charge in [-0.3, -0.25) is 9.69 Å². The minimum atomic E-state index is -0.491. The second kappa shape index (κ2) is 12.2. The summed E-state index contributed by atoms with van der Waals surface area (Å²) in [5.74, 6) is -0.0991. The van der Waals surface area contributed by atoms with Gasteiger partial charge in [-0.25, -0.2) is 9.18 Å². The van der Waals surface area contributed by atoms with Gasteiger partial charge in [0, 0.05) is 57.0 Å². The number of nitrogens with zero attached hydrogens (tertiary/aromatic N) is 3. The Kier molecular flexibility index (Phi) is 8.92. The maximum absolute atomic E-state index is 13.4. The van der Waals surface area contributed by atoms with Crippen LogP contribution in [0, 0.1) is 5.82 Å². The van der Waals surface area contributed by atoms with E-state index in [2.05, 4.69) is 29.3 Å². The molecule has 7 nitrogen and oxygen atoms in total. The van der Waals surface area contributed by atoms with Crippen LogP contribution in [-0.2, 0) is 22.5 Å². The standard InChI is InChI=1S/C30H41FN4O3/c1-22-20-33(16-17-35(22)29(37)38-30(2,3)4)21-24-10-8-23(9-11-24)18-28(36)34-14-12-26(13-15-34)32-27-7-5-6-25(31)19-27/h5-11,19,22,26,32H,12-18,20-21H2,1-4H3/t22-/m0/s1. The lowest BCUT2D eigenvalue weighted by molar-refractivity contribution is -0.131. The van der Waals surface area contributed by atoms with E-state index in [4.69, 9.17) is 4.74 Å². The van der Waals surface area contributed by atoms with Crippen LogP contribution in [0.2, 0.25) is 0 Å². The Morgan fingerprint density at radius 3 is 2.32 bits per heavy atom. The average molecular weight is 525 g/mol. The molecule has 0 radical (unpaired) electrons. The number of carbonyl (C=O) groups excluding carboxylic acids is 2. The highest BCUT2D eigenvalue weighted by Gasteiger charge is 2.30. The third kappa shape index (κ3) is 7.93. The number of benzene rings is 2. The molecule has 0 unspecified atom stereocenters. The Hall–Kier alpha value is -3.13. The van der Waals surface area contributed by atoms with E-state index in [1.807, 2.05) is 48.8 Å². The van der Waals surface area contributed by atoms with Crippen LogP contribution in [0.25, 0.3) is 0 Å². The Bertz CT molecular complexity index is 1090. The molecule has 0 bridgehead atoms. The smallest absolute Gasteiger partial charge is 0.410 e. The van der Waals surface area contributed by atoms with Crippen LogP contribution >= 0.6 is 0 Å². The molecule has 1 N–H and O–H groups in total. The summed E-state index contributed by atoms with van der Waals surface area (Å²) in [5.41, 5.74) is 2.51. The maximum atomic E-state index is 13.4. The summed E-state index contributed by atoms with van der Waals surface area (Å²) in [4.78, 5) is 31.5. The van der Waals surface area contributed by atoms with Gasteiger partial charge in [0.2, 0.25) is 5.91 Å². The van der Waals surface area contributed by atoms with Gasteiger partial charge in [0.15, 0.2) is 0 Å². The fourth-order valence-electron chi connectivity index (χ4n) is 5.16. The van der Waals surface area contributed by atoms with Crippen LogP contribution in [0.1, 0.15) is 51.7 Å². The van der Waals surface area contributed by atoms with Gasteiger partial charge in [-0.2, -0.15) is 0 Å². The summed E-state index contributed by atoms with van der Waals surface area (Å²) >= 11 is 0. The number of halogens is 1. The molecule has 2 aromatic carbocycles. The minimum absolute atomic E-state index is 0.0868.